The van der Waals surface area contributed by atoms with Crippen molar-refractivity contribution in [3.63, 3.8) is 0 Å². The van der Waals surface area contributed by atoms with Crippen molar-refractivity contribution >= 4 is 28.9 Å². The average Bonchev–Trinajstić information content (AvgIpc) is 2.28. The largest absolute Gasteiger partial charge is 0.381 e. The van der Waals surface area contributed by atoms with Gasteiger partial charge in [0.15, 0.2) is 0 Å². The van der Waals surface area contributed by atoms with E-state index in [1.165, 1.54) is 6.07 Å². The highest BCUT2D eigenvalue weighted by molar-refractivity contribution is 6.30. The molecule has 2 nitrogen and oxygen atoms in total. The SMILES string of the molecule is Fc1cc(Cl)ccc1CNc1ccnc(Cl)c1. The fourth-order valence-corrected chi connectivity index (χ4v) is 1.71. The first kappa shape index (κ1) is 12.1. The average molecular weight is 271 g/mol. The molecule has 0 unspecified atom stereocenters. The molecule has 0 saturated carbocycles. The predicted octanol–water partition coefficient (Wildman–Crippen LogP) is 4.14. The van der Waals surface area contributed by atoms with E-state index in [2.05, 4.69) is 10.3 Å². The van der Waals surface area contributed by atoms with Crippen molar-refractivity contribution in [3.05, 3.63) is 58.1 Å². The summed E-state index contributed by atoms with van der Waals surface area (Å²) in [6, 6.07) is 8.03. The van der Waals surface area contributed by atoms with Gasteiger partial charge in [0.2, 0.25) is 0 Å². The van der Waals surface area contributed by atoms with E-state index < -0.39 is 0 Å². The lowest BCUT2D eigenvalue weighted by Crippen LogP contribution is -2.01. The van der Waals surface area contributed by atoms with E-state index in [1.807, 2.05) is 0 Å². The number of nitrogens with zero attached hydrogens (tertiary/aromatic N) is 1. The number of nitrogens with one attached hydrogen (secondary N) is 1. The monoisotopic (exact) mass is 270 g/mol. The highest BCUT2D eigenvalue weighted by Crippen LogP contribution is 2.17. The van der Waals surface area contributed by atoms with E-state index >= 15 is 0 Å². The van der Waals surface area contributed by atoms with Crippen LogP contribution < -0.4 is 5.32 Å². The molecule has 0 saturated heterocycles. The summed E-state index contributed by atoms with van der Waals surface area (Å²) in [5, 5.41) is 3.84. The number of hydrogen-bond donors (Lipinski definition) is 1. The molecule has 0 aliphatic heterocycles. The summed E-state index contributed by atoms with van der Waals surface area (Å²) in [4.78, 5) is 3.86. The number of hydrogen-bond acceptors (Lipinski definition) is 2. The maximum atomic E-state index is 13.5. The Hall–Kier alpha value is -1.32. The first-order chi connectivity index (χ1) is 8.15. The lowest BCUT2D eigenvalue weighted by Gasteiger charge is -2.07. The lowest BCUT2D eigenvalue weighted by atomic mass is 10.2. The second-order valence-corrected chi connectivity index (χ2v) is 4.28. The van der Waals surface area contributed by atoms with Crippen LogP contribution in [-0.4, -0.2) is 4.98 Å². The van der Waals surface area contributed by atoms with Crippen LogP contribution in [0.15, 0.2) is 36.5 Å². The molecule has 0 atom stereocenters. The van der Waals surface area contributed by atoms with Crippen molar-refractivity contribution in [2.45, 2.75) is 6.54 Å². The first-order valence-corrected chi connectivity index (χ1v) is 5.70. The predicted molar refractivity (Wildman–Crippen MR) is 68.0 cm³/mol. The van der Waals surface area contributed by atoms with Gasteiger partial charge in [-0.2, -0.15) is 0 Å². The molecule has 17 heavy (non-hydrogen) atoms. The summed E-state index contributed by atoms with van der Waals surface area (Å²) >= 11 is 11.4. The Morgan fingerprint density at radius 2 is 2.00 bits per heavy atom. The molecular formula is C12H9Cl2FN2. The molecule has 0 amide bonds. The molecule has 1 N–H and O–H groups in total. The van der Waals surface area contributed by atoms with Crippen LogP contribution in [0.2, 0.25) is 10.2 Å². The van der Waals surface area contributed by atoms with Gasteiger partial charge < -0.3 is 5.32 Å². The van der Waals surface area contributed by atoms with Crippen LogP contribution in [0.25, 0.3) is 0 Å². The zero-order valence-corrected chi connectivity index (χ0v) is 10.3. The Bertz CT molecular complexity index is 532. The zero-order chi connectivity index (χ0) is 12.3. The molecule has 0 aliphatic carbocycles. The maximum absolute atomic E-state index is 13.5. The molecule has 0 aliphatic rings. The standard InChI is InChI=1S/C12H9Cl2FN2/c13-9-2-1-8(11(15)5-9)7-17-10-3-4-16-12(14)6-10/h1-6H,7H2,(H,16,17). The minimum atomic E-state index is -0.329. The minimum Gasteiger partial charge on any atom is -0.381 e. The minimum absolute atomic E-state index is 0.329. The summed E-state index contributed by atoms with van der Waals surface area (Å²) in [5.74, 6) is -0.329. The van der Waals surface area contributed by atoms with E-state index in [9.17, 15) is 4.39 Å². The molecule has 0 bridgehead atoms. The Kier molecular flexibility index (Phi) is 3.82. The van der Waals surface area contributed by atoms with Gasteiger partial charge in [0.05, 0.1) is 0 Å². The van der Waals surface area contributed by atoms with Gasteiger partial charge in [-0.25, -0.2) is 9.37 Å². The smallest absolute Gasteiger partial charge is 0.131 e. The Balaban J connectivity index is 2.07. The summed E-state index contributed by atoms with van der Waals surface area (Å²) in [7, 11) is 0. The zero-order valence-electron chi connectivity index (χ0n) is 8.75. The molecule has 2 rings (SSSR count). The van der Waals surface area contributed by atoms with Crippen LogP contribution >= 0.6 is 23.2 Å². The van der Waals surface area contributed by atoms with E-state index in [4.69, 9.17) is 23.2 Å². The number of halogens is 3. The van der Waals surface area contributed by atoms with Crippen molar-refractivity contribution < 1.29 is 4.39 Å². The molecule has 0 spiro atoms. The number of anilines is 1. The molecule has 1 aromatic heterocycles. The maximum Gasteiger partial charge on any atom is 0.131 e. The normalized spacial score (nSPS) is 10.3. The number of aromatic nitrogens is 1. The quantitative estimate of drug-likeness (QED) is 0.848. The number of rotatable bonds is 3. The molecule has 2 aromatic rings. The van der Waals surface area contributed by atoms with Crippen molar-refractivity contribution in [3.8, 4) is 0 Å². The van der Waals surface area contributed by atoms with Gasteiger partial charge in [0, 0.05) is 29.0 Å². The van der Waals surface area contributed by atoms with Crippen LogP contribution in [0.1, 0.15) is 5.56 Å². The van der Waals surface area contributed by atoms with Gasteiger partial charge in [-0.05, 0) is 24.3 Å². The second-order valence-electron chi connectivity index (χ2n) is 3.46. The van der Waals surface area contributed by atoms with Crippen molar-refractivity contribution in [2.75, 3.05) is 5.32 Å². The topological polar surface area (TPSA) is 24.9 Å². The summed E-state index contributed by atoms with van der Waals surface area (Å²) in [6.07, 6.45) is 1.59. The lowest BCUT2D eigenvalue weighted by molar-refractivity contribution is 0.613. The highest BCUT2D eigenvalue weighted by atomic mass is 35.5. The van der Waals surface area contributed by atoms with Crippen LogP contribution in [-0.2, 0) is 6.54 Å². The Morgan fingerprint density at radius 1 is 1.18 bits per heavy atom. The number of benzene rings is 1. The third-order valence-corrected chi connectivity index (χ3v) is 2.67. The highest BCUT2D eigenvalue weighted by Gasteiger charge is 2.03. The van der Waals surface area contributed by atoms with E-state index in [-0.39, 0.29) is 5.82 Å². The van der Waals surface area contributed by atoms with Gasteiger partial charge in [-0.3, -0.25) is 0 Å². The third-order valence-electron chi connectivity index (χ3n) is 2.22. The molecule has 1 heterocycles. The first-order valence-electron chi connectivity index (χ1n) is 4.94. The molecule has 88 valence electrons. The van der Waals surface area contributed by atoms with Crippen LogP contribution in [0.3, 0.4) is 0 Å². The van der Waals surface area contributed by atoms with Gasteiger partial charge in [0.25, 0.3) is 0 Å². The summed E-state index contributed by atoms with van der Waals surface area (Å²) < 4.78 is 13.5. The fourth-order valence-electron chi connectivity index (χ4n) is 1.37. The van der Waals surface area contributed by atoms with Gasteiger partial charge >= 0.3 is 0 Å². The van der Waals surface area contributed by atoms with Gasteiger partial charge in [-0.15, -0.1) is 0 Å². The van der Waals surface area contributed by atoms with E-state index in [0.29, 0.717) is 22.3 Å². The Labute approximate surface area is 108 Å². The molecule has 1 aromatic carbocycles. The second kappa shape index (κ2) is 5.34. The molecule has 5 heteroatoms. The number of pyridine rings is 1. The van der Waals surface area contributed by atoms with Gasteiger partial charge in [0.1, 0.15) is 11.0 Å². The Morgan fingerprint density at radius 3 is 2.71 bits per heavy atom. The van der Waals surface area contributed by atoms with Crippen molar-refractivity contribution in [1.29, 1.82) is 0 Å². The molecular weight excluding hydrogens is 262 g/mol. The van der Waals surface area contributed by atoms with Crippen LogP contribution in [0.4, 0.5) is 10.1 Å². The van der Waals surface area contributed by atoms with E-state index in [0.717, 1.165) is 5.69 Å². The van der Waals surface area contributed by atoms with E-state index in [1.54, 1.807) is 30.5 Å². The molecule has 0 radical (unpaired) electrons. The van der Waals surface area contributed by atoms with Crippen molar-refractivity contribution in [1.82, 2.24) is 4.98 Å². The van der Waals surface area contributed by atoms with Gasteiger partial charge in [-0.1, -0.05) is 29.3 Å². The third kappa shape index (κ3) is 3.32. The fraction of sp³-hybridized carbons (Fsp3) is 0.0833. The van der Waals surface area contributed by atoms with Crippen LogP contribution in [0.5, 0.6) is 0 Å². The summed E-state index contributed by atoms with van der Waals surface area (Å²) in [5.41, 5.74) is 1.33. The molecule has 0 fully saturated rings. The van der Waals surface area contributed by atoms with Crippen LogP contribution in [0, 0.1) is 5.82 Å². The summed E-state index contributed by atoms with van der Waals surface area (Å²) in [6.45, 7) is 0.364. The van der Waals surface area contributed by atoms with Crippen molar-refractivity contribution in [2.24, 2.45) is 0 Å².